The molecular weight excluding hydrogens is 280 g/mol. The number of aryl methyl sites for hydroxylation is 1. The lowest BCUT2D eigenvalue weighted by Gasteiger charge is -2.16. The number of rotatable bonds is 4. The van der Waals surface area contributed by atoms with E-state index in [-0.39, 0.29) is 23.0 Å². The van der Waals surface area contributed by atoms with Gasteiger partial charge in [-0.3, -0.25) is 0 Å². The Hall–Kier alpha value is -2.36. The Morgan fingerprint density at radius 2 is 1.23 bits per heavy atom. The monoisotopic (exact) mass is 302 g/mol. The van der Waals surface area contributed by atoms with Crippen LogP contribution in [0.5, 0.6) is 23.0 Å². The predicted molar refractivity (Wildman–Crippen MR) is 85.8 cm³/mol. The maximum Gasteiger partial charge on any atom is 0.122 e. The van der Waals surface area contributed by atoms with Crippen molar-refractivity contribution in [2.75, 3.05) is 0 Å². The molecule has 0 aliphatic heterocycles. The first-order chi connectivity index (χ1) is 10.3. The van der Waals surface area contributed by atoms with Gasteiger partial charge in [-0.25, -0.2) is 0 Å². The lowest BCUT2D eigenvalue weighted by Crippen LogP contribution is -1.98. The van der Waals surface area contributed by atoms with Gasteiger partial charge >= 0.3 is 0 Å². The molecule has 2 aromatic carbocycles. The highest BCUT2D eigenvalue weighted by molar-refractivity contribution is 5.56. The molecule has 0 amide bonds. The van der Waals surface area contributed by atoms with E-state index in [1.165, 1.54) is 6.07 Å². The third-order valence-corrected chi connectivity index (χ3v) is 4.22. The zero-order valence-electron chi connectivity index (χ0n) is 13.1. The minimum atomic E-state index is 0.0397. The second kappa shape index (κ2) is 6.18. The van der Waals surface area contributed by atoms with Crippen molar-refractivity contribution in [3.05, 3.63) is 46.0 Å². The van der Waals surface area contributed by atoms with E-state index in [1.54, 1.807) is 32.9 Å². The van der Waals surface area contributed by atoms with Gasteiger partial charge in [-0.05, 0) is 74.4 Å². The van der Waals surface area contributed by atoms with Crippen molar-refractivity contribution in [1.82, 2.24) is 0 Å². The maximum atomic E-state index is 10.3. The van der Waals surface area contributed by atoms with E-state index in [4.69, 9.17) is 0 Å². The molecule has 4 heteroatoms. The molecule has 0 saturated heterocycles. The van der Waals surface area contributed by atoms with Crippen LogP contribution in [0.3, 0.4) is 0 Å². The first kappa shape index (κ1) is 16.0. The van der Waals surface area contributed by atoms with Crippen LogP contribution in [0.1, 0.15) is 34.2 Å². The van der Waals surface area contributed by atoms with Crippen LogP contribution in [0.15, 0.2) is 18.2 Å². The van der Waals surface area contributed by atoms with Crippen LogP contribution in [0.2, 0.25) is 0 Å². The Balaban J connectivity index is 2.15. The van der Waals surface area contributed by atoms with Crippen LogP contribution in [0.25, 0.3) is 0 Å². The first-order valence-electron chi connectivity index (χ1n) is 7.33. The molecule has 4 nitrogen and oxygen atoms in total. The Morgan fingerprint density at radius 1 is 0.682 bits per heavy atom. The molecule has 0 fully saturated rings. The summed E-state index contributed by atoms with van der Waals surface area (Å²) in [5.74, 6) is 0.558. The summed E-state index contributed by atoms with van der Waals surface area (Å²) >= 11 is 0. The second-order valence-electron chi connectivity index (χ2n) is 5.76. The highest BCUT2D eigenvalue weighted by atomic mass is 16.3. The van der Waals surface area contributed by atoms with Crippen molar-refractivity contribution in [3.8, 4) is 23.0 Å². The number of hydrogen-bond donors (Lipinski definition) is 4. The number of aromatic hydroxyl groups is 4. The van der Waals surface area contributed by atoms with E-state index in [0.717, 1.165) is 17.5 Å². The van der Waals surface area contributed by atoms with E-state index in [9.17, 15) is 20.4 Å². The average molecular weight is 302 g/mol. The topological polar surface area (TPSA) is 80.9 Å². The Morgan fingerprint density at radius 3 is 1.82 bits per heavy atom. The zero-order valence-corrected chi connectivity index (χ0v) is 13.1. The molecule has 0 radical (unpaired) electrons. The number of benzene rings is 2. The van der Waals surface area contributed by atoms with E-state index in [0.29, 0.717) is 29.5 Å². The molecule has 22 heavy (non-hydrogen) atoms. The van der Waals surface area contributed by atoms with Crippen molar-refractivity contribution in [2.24, 2.45) is 0 Å². The van der Waals surface area contributed by atoms with Crippen molar-refractivity contribution < 1.29 is 20.4 Å². The van der Waals surface area contributed by atoms with Gasteiger partial charge in [-0.15, -0.1) is 0 Å². The zero-order chi connectivity index (χ0) is 16.4. The average Bonchev–Trinajstić information content (AvgIpc) is 2.46. The van der Waals surface area contributed by atoms with Gasteiger partial charge in [0, 0.05) is 11.6 Å². The second-order valence-corrected chi connectivity index (χ2v) is 5.76. The fraction of sp³-hybridized carbons (Fsp3) is 0.333. The molecule has 2 rings (SSSR count). The minimum Gasteiger partial charge on any atom is -0.508 e. The molecule has 0 saturated carbocycles. The summed E-state index contributed by atoms with van der Waals surface area (Å²) in [7, 11) is 0. The van der Waals surface area contributed by atoms with Crippen LogP contribution in [-0.2, 0) is 12.8 Å². The maximum absolute atomic E-state index is 10.3. The van der Waals surface area contributed by atoms with E-state index >= 15 is 0 Å². The predicted octanol–water partition coefficient (Wildman–Crippen LogP) is 3.61. The van der Waals surface area contributed by atoms with Gasteiger partial charge in [0.1, 0.15) is 23.0 Å². The van der Waals surface area contributed by atoms with Gasteiger partial charge in [-0.2, -0.15) is 0 Å². The third kappa shape index (κ3) is 3.11. The molecular formula is C18H22O4. The molecule has 0 unspecified atom stereocenters. The van der Waals surface area contributed by atoms with Gasteiger partial charge in [0.15, 0.2) is 0 Å². The van der Waals surface area contributed by atoms with Crippen LogP contribution in [0.4, 0.5) is 0 Å². The van der Waals surface area contributed by atoms with Crippen molar-refractivity contribution in [2.45, 2.75) is 40.0 Å². The van der Waals surface area contributed by atoms with Crippen molar-refractivity contribution >= 4 is 0 Å². The fourth-order valence-corrected chi connectivity index (χ4v) is 2.76. The van der Waals surface area contributed by atoms with Crippen LogP contribution in [0, 0.1) is 20.8 Å². The molecule has 0 aliphatic carbocycles. The van der Waals surface area contributed by atoms with Gasteiger partial charge in [0.25, 0.3) is 0 Å². The molecule has 0 bridgehead atoms. The lowest BCUT2D eigenvalue weighted by molar-refractivity contribution is 0.442. The largest absolute Gasteiger partial charge is 0.508 e. The van der Waals surface area contributed by atoms with E-state index < -0.39 is 0 Å². The molecule has 4 N–H and O–H groups in total. The highest BCUT2D eigenvalue weighted by Gasteiger charge is 2.16. The quantitative estimate of drug-likeness (QED) is 0.650. The summed E-state index contributed by atoms with van der Waals surface area (Å²) in [5, 5.41) is 39.3. The summed E-state index contributed by atoms with van der Waals surface area (Å²) in [6, 6.07) is 4.52. The first-order valence-corrected chi connectivity index (χ1v) is 7.33. The molecule has 0 aliphatic rings. The smallest absolute Gasteiger partial charge is 0.122 e. The van der Waals surface area contributed by atoms with Gasteiger partial charge in [-0.1, -0.05) is 0 Å². The van der Waals surface area contributed by atoms with Gasteiger partial charge in [0.05, 0.1) is 0 Å². The molecule has 0 atom stereocenters. The van der Waals surface area contributed by atoms with E-state index in [1.807, 2.05) is 0 Å². The molecule has 118 valence electrons. The van der Waals surface area contributed by atoms with Crippen LogP contribution in [-0.4, -0.2) is 20.4 Å². The lowest BCUT2D eigenvalue weighted by atomic mass is 9.93. The summed E-state index contributed by atoms with van der Waals surface area (Å²) in [6.07, 6.45) is 2.01. The Kier molecular flexibility index (Phi) is 4.50. The number of phenolic OH excluding ortho intramolecular Hbond substituents is 4. The summed E-state index contributed by atoms with van der Waals surface area (Å²) in [6.45, 7) is 5.38. The molecule has 0 heterocycles. The van der Waals surface area contributed by atoms with Crippen LogP contribution >= 0.6 is 0 Å². The van der Waals surface area contributed by atoms with Gasteiger partial charge < -0.3 is 20.4 Å². The SMILES string of the molecule is Cc1c(C)c(O)c(CCCc2cc(O)cc(O)c2)c(C)c1O. The molecule has 0 spiro atoms. The third-order valence-electron chi connectivity index (χ3n) is 4.22. The number of phenols is 4. The van der Waals surface area contributed by atoms with E-state index in [2.05, 4.69) is 0 Å². The fourth-order valence-electron chi connectivity index (χ4n) is 2.76. The van der Waals surface area contributed by atoms with Crippen molar-refractivity contribution in [3.63, 3.8) is 0 Å². The minimum absolute atomic E-state index is 0.0397. The normalized spacial score (nSPS) is 10.9. The Bertz CT molecular complexity index is 655. The standard InChI is InChI=1S/C18H22O4/c1-10-11(2)18(22)16(12(3)17(10)21)6-4-5-13-7-14(19)9-15(20)8-13/h7-9,19-22H,4-6H2,1-3H3. The van der Waals surface area contributed by atoms with Gasteiger partial charge in [0.2, 0.25) is 0 Å². The number of hydrogen-bond acceptors (Lipinski definition) is 4. The Labute approximate surface area is 130 Å². The van der Waals surface area contributed by atoms with Crippen LogP contribution < -0.4 is 0 Å². The summed E-state index contributed by atoms with van der Waals surface area (Å²) in [4.78, 5) is 0. The summed E-state index contributed by atoms with van der Waals surface area (Å²) < 4.78 is 0. The molecule has 0 aromatic heterocycles. The molecule has 2 aromatic rings. The summed E-state index contributed by atoms with van der Waals surface area (Å²) in [5.41, 5.74) is 3.71. The van der Waals surface area contributed by atoms with Crippen molar-refractivity contribution in [1.29, 1.82) is 0 Å². The highest BCUT2D eigenvalue weighted by Crippen LogP contribution is 2.37.